The number of hydrogen-bond donors (Lipinski definition) is 2. The monoisotopic (exact) mass is 288 g/mol. The van der Waals surface area contributed by atoms with Crippen molar-refractivity contribution in [2.24, 2.45) is 0 Å². The molecule has 1 aliphatic heterocycles. The largest absolute Gasteiger partial charge is 0.378 e. The number of aromatic nitrogens is 2. The van der Waals surface area contributed by atoms with E-state index in [2.05, 4.69) is 15.5 Å². The number of nitrogens with zero attached hydrogens (tertiary/aromatic N) is 2. The van der Waals surface area contributed by atoms with Gasteiger partial charge >= 0.3 is 0 Å². The third-order valence-corrected chi connectivity index (χ3v) is 5.29. The Morgan fingerprint density at radius 3 is 2.95 bits per heavy atom. The Labute approximate surface area is 113 Å². The van der Waals surface area contributed by atoms with Gasteiger partial charge in [-0.15, -0.1) is 0 Å². The van der Waals surface area contributed by atoms with Gasteiger partial charge in [-0.3, -0.25) is 5.10 Å². The van der Waals surface area contributed by atoms with Gasteiger partial charge in [0, 0.05) is 18.7 Å². The molecule has 8 heteroatoms. The standard InChI is InChI=1S/C11H20N4O3S/c1-11(2)8-18-5-4-15(11)19(16,17)10-9(6-12-3)7-13-14-10/h7,12H,4-6,8H2,1-3H3,(H,13,14). The zero-order valence-corrected chi connectivity index (χ0v) is 12.2. The first-order chi connectivity index (χ1) is 8.89. The fourth-order valence-electron chi connectivity index (χ4n) is 2.24. The second-order valence-electron chi connectivity index (χ2n) is 5.20. The van der Waals surface area contributed by atoms with Crippen LogP contribution in [0.3, 0.4) is 0 Å². The summed E-state index contributed by atoms with van der Waals surface area (Å²) in [6, 6.07) is 0. The molecule has 1 aromatic rings. The lowest BCUT2D eigenvalue weighted by atomic mass is 10.1. The fraction of sp³-hybridized carbons (Fsp3) is 0.727. The molecule has 0 saturated carbocycles. The predicted molar refractivity (Wildman–Crippen MR) is 70.1 cm³/mol. The molecule has 0 aliphatic carbocycles. The number of rotatable bonds is 4. The van der Waals surface area contributed by atoms with Gasteiger partial charge in [-0.1, -0.05) is 0 Å². The van der Waals surface area contributed by atoms with E-state index >= 15 is 0 Å². The molecule has 0 spiro atoms. The number of morpholine rings is 1. The molecule has 108 valence electrons. The van der Waals surface area contributed by atoms with Crippen LogP contribution in [0.4, 0.5) is 0 Å². The minimum absolute atomic E-state index is 0.164. The van der Waals surface area contributed by atoms with Crippen LogP contribution in [0, 0.1) is 0 Å². The second-order valence-corrected chi connectivity index (χ2v) is 7.00. The number of ether oxygens (including phenoxy) is 1. The molecule has 2 heterocycles. The average Bonchev–Trinajstić information content (AvgIpc) is 2.77. The molecule has 1 aromatic heterocycles. The minimum atomic E-state index is -3.58. The Hall–Kier alpha value is -0.960. The maximum absolute atomic E-state index is 12.7. The molecular formula is C11H20N4O3S. The SMILES string of the molecule is CNCc1cn[nH]c1S(=O)(=O)N1CCOCC1(C)C. The van der Waals surface area contributed by atoms with Crippen LogP contribution in [-0.2, 0) is 21.3 Å². The zero-order valence-electron chi connectivity index (χ0n) is 11.4. The van der Waals surface area contributed by atoms with E-state index in [1.165, 1.54) is 10.5 Å². The van der Waals surface area contributed by atoms with E-state index in [4.69, 9.17) is 4.74 Å². The van der Waals surface area contributed by atoms with Crippen molar-refractivity contribution < 1.29 is 13.2 Å². The van der Waals surface area contributed by atoms with Crippen LogP contribution in [-0.4, -0.2) is 55.3 Å². The molecule has 7 nitrogen and oxygen atoms in total. The van der Waals surface area contributed by atoms with Crippen molar-refractivity contribution in [1.82, 2.24) is 19.8 Å². The molecule has 2 rings (SSSR count). The fourth-order valence-corrected chi connectivity index (χ4v) is 4.10. The van der Waals surface area contributed by atoms with Crippen molar-refractivity contribution in [3.63, 3.8) is 0 Å². The highest BCUT2D eigenvalue weighted by Gasteiger charge is 2.41. The van der Waals surface area contributed by atoms with Gasteiger partial charge in [-0.25, -0.2) is 8.42 Å². The Kier molecular flexibility index (Phi) is 3.95. The summed E-state index contributed by atoms with van der Waals surface area (Å²) in [5.41, 5.74) is 0.0869. The molecular weight excluding hydrogens is 268 g/mol. The van der Waals surface area contributed by atoms with E-state index in [1.54, 1.807) is 7.05 Å². The number of aromatic amines is 1. The summed E-state index contributed by atoms with van der Waals surface area (Å²) < 4.78 is 32.3. The van der Waals surface area contributed by atoms with Crippen LogP contribution >= 0.6 is 0 Å². The van der Waals surface area contributed by atoms with E-state index in [9.17, 15) is 8.42 Å². The summed E-state index contributed by atoms with van der Waals surface area (Å²) in [6.45, 7) is 5.33. The Morgan fingerprint density at radius 1 is 1.58 bits per heavy atom. The molecule has 2 N–H and O–H groups in total. The molecule has 0 radical (unpaired) electrons. The van der Waals surface area contributed by atoms with Gasteiger partial charge in [0.25, 0.3) is 10.0 Å². The molecule has 1 fully saturated rings. The van der Waals surface area contributed by atoms with E-state index < -0.39 is 15.6 Å². The molecule has 0 aromatic carbocycles. The molecule has 1 aliphatic rings. The Morgan fingerprint density at radius 2 is 2.32 bits per heavy atom. The molecule has 19 heavy (non-hydrogen) atoms. The van der Waals surface area contributed by atoms with Crippen LogP contribution in [0.2, 0.25) is 0 Å². The lowest BCUT2D eigenvalue weighted by Gasteiger charge is -2.40. The van der Waals surface area contributed by atoms with Gasteiger partial charge in [0.2, 0.25) is 0 Å². The highest BCUT2D eigenvalue weighted by molar-refractivity contribution is 7.89. The van der Waals surface area contributed by atoms with Gasteiger partial charge in [0.1, 0.15) is 0 Å². The Balaban J connectivity index is 2.38. The zero-order chi connectivity index (χ0) is 14.1. The third kappa shape index (κ3) is 2.66. The smallest absolute Gasteiger partial charge is 0.260 e. The van der Waals surface area contributed by atoms with Crippen LogP contribution in [0.1, 0.15) is 19.4 Å². The van der Waals surface area contributed by atoms with Crippen molar-refractivity contribution in [3.05, 3.63) is 11.8 Å². The number of hydrogen-bond acceptors (Lipinski definition) is 5. The first kappa shape index (κ1) is 14.4. The molecule has 0 atom stereocenters. The normalized spacial score (nSPS) is 20.6. The lowest BCUT2D eigenvalue weighted by Crippen LogP contribution is -2.55. The van der Waals surface area contributed by atoms with Gasteiger partial charge in [0.15, 0.2) is 5.03 Å². The Bertz CT molecular complexity index is 538. The summed E-state index contributed by atoms with van der Waals surface area (Å²) in [7, 11) is -1.82. The lowest BCUT2D eigenvalue weighted by molar-refractivity contribution is -0.00784. The second kappa shape index (κ2) is 5.20. The highest BCUT2D eigenvalue weighted by Crippen LogP contribution is 2.27. The summed E-state index contributed by atoms with van der Waals surface area (Å²) in [5.74, 6) is 0. The first-order valence-corrected chi connectivity index (χ1v) is 7.61. The number of sulfonamides is 1. The average molecular weight is 288 g/mol. The van der Waals surface area contributed by atoms with Gasteiger partial charge in [0.05, 0.1) is 24.9 Å². The summed E-state index contributed by atoms with van der Waals surface area (Å²) >= 11 is 0. The van der Waals surface area contributed by atoms with Gasteiger partial charge < -0.3 is 10.1 Å². The van der Waals surface area contributed by atoms with E-state index in [0.717, 1.165) is 0 Å². The number of nitrogens with one attached hydrogen (secondary N) is 2. The van der Waals surface area contributed by atoms with Crippen molar-refractivity contribution in [2.45, 2.75) is 31.0 Å². The topological polar surface area (TPSA) is 87.3 Å². The summed E-state index contributed by atoms with van der Waals surface area (Å²) in [5, 5.41) is 9.56. The molecule has 0 bridgehead atoms. The van der Waals surface area contributed by atoms with Gasteiger partial charge in [-0.05, 0) is 20.9 Å². The predicted octanol–water partition coefficient (Wildman–Crippen LogP) is -0.0714. The van der Waals surface area contributed by atoms with E-state index in [-0.39, 0.29) is 5.03 Å². The van der Waals surface area contributed by atoms with Crippen LogP contribution in [0.15, 0.2) is 11.2 Å². The van der Waals surface area contributed by atoms with Crippen molar-refractivity contribution >= 4 is 10.0 Å². The van der Waals surface area contributed by atoms with E-state index in [1.807, 2.05) is 13.8 Å². The maximum atomic E-state index is 12.7. The summed E-state index contributed by atoms with van der Waals surface area (Å²) in [4.78, 5) is 0. The van der Waals surface area contributed by atoms with Crippen molar-refractivity contribution in [3.8, 4) is 0 Å². The van der Waals surface area contributed by atoms with Crippen LogP contribution < -0.4 is 5.32 Å². The highest BCUT2D eigenvalue weighted by atomic mass is 32.2. The number of H-pyrrole nitrogens is 1. The van der Waals surface area contributed by atoms with Crippen LogP contribution in [0.5, 0.6) is 0 Å². The van der Waals surface area contributed by atoms with Crippen molar-refractivity contribution in [2.75, 3.05) is 26.8 Å². The molecule has 0 unspecified atom stereocenters. The van der Waals surface area contributed by atoms with Crippen LogP contribution in [0.25, 0.3) is 0 Å². The quantitative estimate of drug-likeness (QED) is 0.810. The molecule has 0 amide bonds. The molecule has 1 saturated heterocycles. The van der Waals surface area contributed by atoms with Crippen molar-refractivity contribution in [1.29, 1.82) is 0 Å². The summed E-state index contributed by atoms with van der Waals surface area (Å²) in [6.07, 6.45) is 1.54. The van der Waals surface area contributed by atoms with E-state index in [0.29, 0.717) is 31.9 Å². The van der Waals surface area contributed by atoms with Gasteiger partial charge in [-0.2, -0.15) is 9.40 Å². The first-order valence-electron chi connectivity index (χ1n) is 6.17. The minimum Gasteiger partial charge on any atom is -0.378 e. The third-order valence-electron chi connectivity index (χ3n) is 3.16. The maximum Gasteiger partial charge on any atom is 0.260 e.